The highest BCUT2D eigenvalue weighted by molar-refractivity contribution is 5.61. The summed E-state index contributed by atoms with van der Waals surface area (Å²) in [6, 6.07) is 9.95. The highest BCUT2D eigenvalue weighted by Crippen LogP contribution is 2.20. The summed E-state index contributed by atoms with van der Waals surface area (Å²) in [5, 5.41) is 3.28. The number of rotatable bonds is 4. The first-order valence-electron chi connectivity index (χ1n) is 5.76. The Morgan fingerprint density at radius 2 is 2.17 bits per heavy atom. The molecule has 4 nitrogen and oxygen atoms in total. The molecule has 0 spiro atoms. The van der Waals surface area contributed by atoms with Crippen LogP contribution in [0.1, 0.15) is 11.1 Å². The van der Waals surface area contributed by atoms with E-state index in [9.17, 15) is 0 Å². The van der Waals surface area contributed by atoms with Gasteiger partial charge in [0.15, 0.2) is 0 Å². The molecule has 0 saturated heterocycles. The molecule has 3 N–H and O–H groups in total. The Morgan fingerprint density at radius 3 is 2.89 bits per heavy atom. The minimum absolute atomic E-state index is 0.601. The number of aromatic nitrogens is 1. The maximum atomic E-state index is 5.68. The van der Waals surface area contributed by atoms with Gasteiger partial charge in [0.2, 0.25) is 0 Å². The number of aryl methyl sites for hydroxylation is 1. The number of benzene rings is 1. The second kappa shape index (κ2) is 5.51. The van der Waals surface area contributed by atoms with E-state index in [1.165, 1.54) is 0 Å². The molecule has 4 heteroatoms. The van der Waals surface area contributed by atoms with E-state index < -0.39 is 0 Å². The fraction of sp³-hybridized carbons (Fsp3) is 0.214. The maximum Gasteiger partial charge on any atom is 0.133 e. The number of nitrogens with zero attached hydrogens (tertiary/aromatic N) is 1. The second-order valence-corrected chi connectivity index (χ2v) is 4.19. The number of anilines is 3. The molecular formula is C14H17N3O. The summed E-state index contributed by atoms with van der Waals surface area (Å²) in [4.78, 5) is 4.28. The average Bonchev–Trinajstić information content (AvgIpc) is 2.34. The molecule has 1 heterocycles. The largest absolute Gasteiger partial charge is 0.397 e. The molecule has 1 aromatic heterocycles. The number of nitrogens with two attached hydrogens (primary N) is 1. The molecule has 0 radical (unpaired) electrons. The minimum atomic E-state index is 0.601. The number of ether oxygens (including phenoxy) is 1. The third-order valence-electron chi connectivity index (χ3n) is 2.60. The van der Waals surface area contributed by atoms with Crippen molar-refractivity contribution < 1.29 is 4.74 Å². The lowest BCUT2D eigenvalue weighted by atomic mass is 10.2. The Morgan fingerprint density at radius 1 is 1.33 bits per heavy atom. The van der Waals surface area contributed by atoms with Crippen LogP contribution in [0.25, 0.3) is 0 Å². The normalized spacial score (nSPS) is 10.3. The molecule has 0 fully saturated rings. The molecule has 0 saturated carbocycles. The van der Waals surface area contributed by atoms with Crippen LogP contribution in [-0.4, -0.2) is 12.1 Å². The molecule has 2 aromatic rings. The summed E-state index contributed by atoms with van der Waals surface area (Å²) in [5.41, 5.74) is 9.48. The summed E-state index contributed by atoms with van der Waals surface area (Å²) in [7, 11) is 1.69. The standard InChI is InChI=1S/C14H17N3O/c1-10-6-12(15)8-16-14(10)17-13-5-3-4-11(7-13)9-18-2/h3-8H,9,15H2,1-2H3,(H,16,17). The highest BCUT2D eigenvalue weighted by Gasteiger charge is 2.02. The van der Waals surface area contributed by atoms with E-state index >= 15 is 0 Å². The summed E-state index contributed by atoms with van der Waals surface area (Å²) < 4.78 is 5.11. The lowest BCUT2D eigenvalue weighted by Gasteiger charge is -2.10. The highest BCUT2D eigenvalue weighted by atomic mass is 16.5. The Kier molecular flexibility index (Phi) is 3.79. The van der Waals surface area contributed by atoms with E-state index in [1.54, 1.807) is 13.3 Å². The van der Waals surface area contributed by atoms with Crippen molar-refractivity contribution in [1.29, 1.82) is 0 Å². The first-order valence-corrected chi connectivity index (χ1v) is 5.76. The Bertz CT molecular complexity index is 540. The number of pyridine rings is 1. The van der Waals surface area contributed by atoms with Crippen LogP contribution in [0.15, 0.2) is 36.5 Å². The molecule has 0 aliphatic carbocycles. The van der Waals surface area contributed by atoms with Crippen molar-refractivity contribution in [3.8, 4) is 0 Å². The SMILES string of the molecule is COCc1cccc(Nc2ncc(N)cc2C)c1. The van der Waals surface area contributed by atoms with Crippen molar-refractivity contribution >= 4 is 17.2 Å². The van der Waals surface area contributed by atoms with Gasteiger partial charge < -0.3 is 15.8 Å². The smallest absolute Gasteiger partial charge is 0.133 e. The van der Waals surface area contributed by atoms with Crippen molar-refractivity contribution in [1.82, 2.24) is 4.98 Å². The summed E-state index contributed by atoms with van der Waals surface area (Å²) in [6.07, 6.45) is 1.65. The van der Waals surface area contributed by atoms with Gasteiger partial charge in [-0.3, -0.25) is 0 Å². The fourth-order valence-corrected chi connectivity index (χ4v) is 1.77. The molecule has 18 heavy (non-hydrogen) atoms. The number of nitrogens with one attached hydrogen (secondary N) is 1. The zero-order valence-electron chi connectivity index (χ0n) is 10.6. The lowest BCUT2D eigenvalue weighted by Crippen LogP contribution is -1.99. The molecule has 94 valence electrons. The van der Waals surface area contributed by atoms with Crippen LogP contribution in [0.4, 0.5) is 17.2 Å². The molecule has 2 rings (SSSR count). The Balaban J connectivity index is 2.20. The summed E-state index contributed by atoms with van der Waals surface area (Å²) in [5.74, 6) is 0.818. The predicted octanol–water partition coefficient (Wildman–Crippen LogP) is 2.86. The third-order valence-corrected chi connectivity index (χ3v) is 2.60. The molecule has 0 atom stereocenters. The fourth-order valence-electron chi connectivity index (χ4n) is 1.77. The van der Waals surface area contributed by atoms with Gasteiger partial charge in [-0.1, -0.05) is 12.1 Å². The first-order chi connectivity index (χ1) is 8.69. The van der Waals surface area contributed by atoms with Gasteiger partial charge in [0.25, 0.3) is 0 Å². The van der Waals surface area contributed by atoms with Crippen LogP contribution in [0.5, 0.6) is 0 Å². The van der Waals surface area contributed by atoms with E-state index in [1.807, 2.05) is 37.3 Å². The van der Waals surface area contributed by atoms with Crippen LogP contribution >= 0.6 is 0 Å². The van der Waals surface area contributed by atoms with E-state index in [4.69, 9.17) is 10.5 Å². The van der Waals surface area contributed by atoms with Crippen molar-refractivity contribution in [3.63, 3.8) is 0 Å². The quantitative estimate of drug-likeness (QED) is 0.866. The van der Waals surface area contributed by atoms with Gasteiger partial charge in [-0.2, -0.15) is 0 Å². The summed E-state index contributed by atoms with van der Waals surface area (Å²) in [6.45, 7) is 2.58. The van der Waals surface area contributed by atoms with Gasteiger partial charge in [0, 0.05) is 12.8 Å². The lowest BCUT2D eigenvalue weighted by molar-refractivity contribution is 0.185. The van der Waals surface area contributed by atoms with Crippen molar-refractivity contribution in [3.05, 3.63) is 47.7 Å². The van der Waals surface area contributed by atoms with Crippen LogP contribution < -0.4 is 11.1 Å². The zero-order valence-corrected chi connectivity index (χ0v) is 10.6. The molecule has 0 amide bonds. The summed E-state index contributed by atoms with van der Waals surface area (Å²) >= 11 is 0. The van der Waals surface area contributed by atoms with Crippen molar-refractivity contribution in [2.45, 2.75) is 13.5 Å². The van der Waals surface area contributed by atoms with E-state index in [0.717, 1.165) is 22.6 Å². The van der Waals surface area contributed by atoms with E-state index in [-0.39, 0.29) is 0 Å². The van der Waals surface area contributed by atoms with Crippen LogP contribution in [0, 0.1) is 6.92 Å². The number of methoxy groups -OCH3 is 1. The predicted molar refractivity (Wildman–Crippen MR) is 73.8 cm³/mol. The topological polar surface area (TPSA) is 60.2 Å². The van der Waals surface area contributed by atoms with Gasteiger partial charge in [-0.05, 0) is 36.2 Å². The van der Waals surface area contributed by atoms with E-state index in [0.29, 0.717) is 12.3 Å². The average molecular weight is 243 g/mol. The van der Waals surface area contributed by atoms with Crippen LogP contribution in [0.3, 0.4) is 0 Å². The van der Waals surface area contributed by atoms with Gasteiger partial charge in [-0.15, -0.1) is 0 Å². The van der Waals surface area contributed by atoms with Crippen molar-refractivity contribution in [2.24, 2.45) is 0 Å². The van der Waals surface area contributed by atoms with Gasteiger partial charge >= 0.3 is 0 Å². The second-order valence-electron chi connectivity index (χ2n) is 4.19. The first kappa shape index (κ1) is 12.4. The minimum Gasteiger partial charge on any atom is -0.397 e. The van der Waals surface area contributed by atoms with Gasteiger partial charge in [0.05, 0.1) is 18.5 Å². The zero-order chi connectivity index (χ0) is 13.0. The molecule has 1 aromatic carbocycles. The van der Waals surface area contributed by atoms with Gasteiger partial charge in [0.1, 0.15) is 5.82 Å². The molecule has 0 bridgehead atoms. The van der Waals surface area contributed by atoms with Crippen molar-refractivity contribution in [2.75, 3.05) is 18.2 Å². The van der Waals surface area contributed by atoms with Crippen LogP contribution in [-0.2, 0) is 11.3 Å². The molecule has 0 aliphatic heterocycles. The van der Waals surface area contributed by atoms with E-state index in [2.05, 4.69) is 10.3 Å². The Hall–Kier alpha value is -2.07. The molecule has 0 unspecified atom stereocenters. The number of hydrogen-bond donors (Lipinski definition) is 2. The molecule has 0 aliphatic rings. The maximum absolute atomic E-state index is 5.68. The third kappa shape index (κ3) is 2.99. The molecular weight excluding hydrogens is 226 g/mol. The Labute approximate surface area is 107 Å². The monoisotopic (exact) mass is 243 g/mol. The number of nitrogen functional groups attached to an aromatic ring is 1. The van der Waals surface area contributed by atoms with Gasteiger partial charge in [-0.25, -0.2) is 4.98 Å². The number of hydrogen-bond acceptors (Lipinski definition) is 4. The van der Waals surface area contributed by atoms with Crippen LogP contribution in [0.2, 0.25) is 0 Å².